The van der Waals surface area contributed by atoms with E-state index in [4.69, 9.17) is 0 Å². The van der Waals surface area contributed by atoms with E-state index >= 15 is 0 Å². The van der Waals surface area contributed by atoms with Crippen LogP contribution < -0.4 is 10.0 Å². The van der Waals surface area contributed by atoms with Crippen LogP contribution in [-0.2, 0) is 10.0 Å². The molecule has 4 aromatic rings. The van der Waals surface area contributed by atoms with Gasteiger partial charge in [0.2, 0.25) is 0 Å². The summed E-state index contributed by atoms with van der Waals surface area (Å²) in [6.07, 6.45) is 0. The number of nitrogens with one attached hydrogen (secondary N) is 3. The Morgan fingerprint density at radius 1 is 0.970 bits per heavy atom. The number of carbonyl (C=O) groups is 1. The summed E-state index contributed by atoms with van der Waals surface area (Å²) in [6, 6.07) is 16.7. The van der Waals surface area contributed by atoms with Crippen molar-refractivity contribution in [2.45, 2.75) is 18.7 Å². The number of benzene rings is 3. The van der Waals surface area contributed by atoms with Gasteiger partial charge in [-0.1, -0.05) is 12.1 Å². The molecule has 0 fully saturated rings. The lowest BCUT2D eigenvalue weighted by molar-refractivity contribution is 0.102. The Morgan fingerprint density at radius 2 is 1.73 bits per heavy atom. The first-order valence-electron chi connectivity index (χ1n) is 9.91. The molecule has 0 spiro atoms. The Hall–Kier alpha value is -4.05. The number of nitrogens with zero attached hydrogens (tertiary/aromatic N) is 2. The lowest BCUT2D eigenvalue weighted by atomic mass is 10.1. The van der Waals surface area contributed by atoms with Gasteiger partial charge in [-0.25, -0.2) is 17.8 Å². The molecule has 3 aromatic carbocycles. The second-order valence-electron chi connectivity index (χ2n) is 7.37. The number of halogens is 1. The van der Waals surface area contributed by atoms with Crippen molar-refractivity contribution in [3.8, 4) is 11.4 Å². The van der Waals surface area contributed by atoms with E-state index in [9.17, 15) is 17.6 Å². The van der Waals surface area contributed by atoms with Crippen LogP contribution in [0, 0.1) is 19.7 Å². The molecule has 10 heteroatoms. The van der Waals surface area contributed by atoms with Crippen LogP contribution >= 0.6 is 0 Å². The van der Waals surface area contributed by atoms with Crippen molar-refractivity contribution in [3.63, 3.8) is 0 Å². The van der Waals surface area contributed by atoms with E-state index in [0.29, 0.717) is 22.9 Å². The summed E-state index contributed by atoms with van der Waals surface area (Å²) in [5, 5.41) is 9.63. The largest absolute Gasteiger partial charge is 0.322 e. The van der Waals surface area contributed by atoms with Crippen molar-refractivity contribution in [2.75, 3.05) is 10.0 Å². The average molecular weight is 466 g/mol. The van der Waals surface area contributed by atoms with Crippen molar-refractivity contribution in [1.82, 2.24) is 15.2 Å². The van der Waals surface area contributed by atoms with E-state index < -0.39 is 21.7 Å². The number of amides is 1. The summed E-state index contributed by atoms with van der Waals surface area (Å²) in [7, 11) is -4.02. The lowest BCUT2D eigenvalue weighted by Crippen LogP contribution is -2.15. The monoisotopic (exact) mass is 465 g/mol. The number of hydrogen-bond acceptors (Lipinski definition) is 5. The Balaban J connectivity index is 1.48. The quantitative estimate of drug-likeness (QED) is 0.393. The highest BCUT2D eigenvalue weighted by atomic mass is 32.2. The first kappa shape index (κ1) is 22.2. The predicted octanol–water partition coefficient (Wildman–Crippen LogP) is 4.28. The smallest absolute Gasteiger partial charge is 0.261 e. The van der Waals surface area contributed by atoms with Gasteiger partial charge in [-0.15, -0.1) is 0 Å². The number of H-pyrrole nitrogens is 1. The van der Waals surface area contributed by atoms with Gasteiger partial charge in [-0.05, 0) is 74.0 Å². The van der Waals surface area contributed by atoms with Crippen molar-refractivity contribution < 1.29 is 17.6 Å². The van der Waals surface area contributed by atoms with Crippen LogP contribution in [0.25, 0.3) is 11.4 Å². The fourth-order valence-electron chi connectivity index (χ4n) is 3.06. The number of hydrogen-bond donors (Lipinski definition) is 3. The standard InChI is InChI=1S/C23H20FN5O3S/c1-14-6-11-20(13-21(14)24)33(31,32)29-19-5-3-4-17(12-19)23(30)26-18-9-7-16(8-10-18)22-25-15(2)27-28-22/h3-13,29H,1-2H3,(H,26,30)(H,25,27,28). The van der Waals surface area contributed by atoms with Crippen LogP contribution in [0.5, 0.6) is 0 Å². The molecule has 4 rings (SSSR count). The Bertz CT molecular complexity index is 1430. The summed E-state index contributed by atoms with van der Waals surface area (Å²) in [5.74, 6) is 0.221. The highest BCUT2D eigenvalue weighted by Crippen LogP contribution is 2.21. The first-order chi connectivity index (χ1) is 15.7. The second kappa shape index (κ2) is 8.83. The molecule has 0 aliphatic rings. The number of aryl methyl sites for hydroxylation is 2. The minimum atomic E-state index is -4.02. The van der Waals surface area contributed by atoms with E-state index in [2.05, 4.69) is 25.2 Å². The zero-order valence-corrected chi connectivity index (χ0v) is 18.6. The molecule has 0 atom stereocenters. The van der Waals surface area contributed by atoms with E-state index in [1.54, 1.807) is 50.2 Å². The van der Waals surface area contributed by atoms with E-state index in [-0.39, 0.29) is 16.1 Å². The van der Waals surface area contributed by atoms with Crippen molar-refractivity contribution in [1.29, 1.82) is 0 Å². The molecule has 33 heavy (non-hydrogen) atoms. The predicted molar refractivity (Wildman–Crippen MR) is 123 cm³/mol. The normalized spacial score (nSPS) is 11.2. The molecule has 1 amide bonds. The molecule has 0 saturated heterocycles. The lowest BCUT2D eigenvalue weighted by Gasteiger charge is -2.11. The molecule has 0 unspecified atom stereocenters. The molecule has 0 bridgehead atoms. The Kier molecular flexibility index (Phi) is 5.93. The zero-order chi connectivity index (χ0) is 23.6. The molecule has 1 heterocycles. The molecule has 0 aliphatic heterocycles. The third-order valence-corrected chi connectivity index (χ3v) is 6.21. The SMILES string of the molecule is Cc1nc(-c2ccc(NC(=O)c3cccc(NS(=O)(=O)c4ccc(C)c(F)c4)c3)cc2)n[nH]1. The van der Waals surface area contributed by atoms with Gasteiger partial charge in [0, 0.05) is 22.5 Å². The number of rotatable bonds is 6. The van der Waals surface area contributed by atoms with Gasteiger partial charge in [0.1, 0.15) is 11.6 Å². The van der Waals surface area contributed by atoms with E-state index in [0.717, 1.165) is 11.6 Å². The molecule has 168 valence electrons. The van der Waals surface area contributed by atoms with Crippen molar-refractivity contribution in [3.05, 3.63) is 89.5 Å². The maximum atomic E-state index is 13.8. The van der Waals surface area contributed by atoms with Gasteiger partial charge in [0.25, 0.3) is 15.9 Å². The topological polar surface area (TPSA) is 117 Å². The summed E-state index contributed by atoms with van der Waals surface area (Å²) in [6.45, 7) is 3.35. The highest BCUT2D eigenvalue weighted by Gasteiger charge is 2.17. The van der Waals surface area contributed by atoms with Crippen molar-refractivity contribution >= 4 is 27.3 Å². The number of aromatic amines is 1. The minimum absolute atomic E-state index is 0.180. The third kappa shape index (κ3) is 5.07. The van der Waals surface area contributed by atoms with Crippen LogP contribution in [0.2, 0.25) is 0 Å². The fraction of sp³-hybridized carbons (Fsp3) is 0.0870. The van der Waals surface area contributed by atoms with Gasteiger partial charge >= 0.3 is 0 Å². The minimum Gasteiger partial charge on any atom is -0.322 e. The van der Waals surface area contributed by atoms with Gasteiger partial charge in [-0.3, -0.25) is 14.6 Å². The molecular weight excluding hydrogens is 445 g/mol. The molecule has 3 N–H and O–H groups in total. The van der Waals surface area contributed by atoms with Crippen LogP contribution in [0.1, 0.15) is 21.7 Å². The van der Waals surface area contributed by atoms with Gasteiger partial charge in [-0.2, -0.15) is 5.10 Å². The Morgan fingerprint density at radius 3 is 2.39 bits per heavy atom. The number of sulfonamides is 1. The zero-order valence-electron chi connectivity index (χ0n) is 17.8. The molecule has 0 radical (unpaired) electrons. The summed E-state index contributed by atoms with van der Waals surface area (Å²) >= 11 is 0. The Labute approximate surface area is 190 Å². The maximum Gasteiger partial charge on any atom is 0.261 e. The third-order valence-electron chi connectivity index (χ3n) is 4.83. The summed E-state index contributed by atoms with van der Waals surface area (Å²) in [5.41, 5.74) is 2.12. The molecule has 8 nitrogen and oxygen atoms in total. The molecule has 1 aromatic heterocycles. The fourth-order valence-corrected chi connectivity index (χ4v) is 4.12. The van der Waals surface area contributed by atoms with E-state index in [1.165, 1.54) is 24.3 Å². The van der Waals surface area contributed by atoms with Crippen LogP contribution in [-0.4, -0.2) is 29.5 Å². The van der Waals surface area contributed by atoms with Gasteiger partial charge in [0.05, 0.1) is 4.90 Å². The summed E-state index contributed by atoms with van der Waals surface area (Å²) in [4.78, 5) is 16.7. The molecule has 0 saturated carbocycles. The van der Waals surface area contributed by atoms with Crippen LogP contribution in [0.3, 0.4) is 0 Å². The summed E-state index contributed by atoms with van der Waals surface area (Å²) < 4.78 is 41.4. The van der Waals surface area contributed by atoms with Crippen LogP contribution in [0.15, 0.2) is 71.6 Å². The van der Waals surface area contributed by atoms with Crippen molar-refractivity contribution in [2.24, 2.45) is 0 Å². The number of carbonyl (C=O) groups excluding carboxylic acids is 1. The van der Waals surface area contributed by atoms with E-state index in [1.807, 2.05) is 0 Å². The average Bonchev–Trinajstić information content (AvgIpc) is 3.22. The van der Waals surface area contributed by atoms with Crippen LogP contribution in [0.4, 0.5) is 15.8 Å². The van der Waals surface area contributed by atoms with Gasteiger partial charge < -0.3 is 5.32 Å². The first-order valence-corrected chi connectivity index (χ1v) is 11.4. The van der Waals surface area contributed by atoms with Gasteiger partial charge in [0.15, 0.2) is 5.82 Å². The maximum absolute atomic E-state index is 13.8. The number of anilines is 2. The number of aromatic nitrogens is 3. The highest BCUT2D eigenvalue weighted by molar-refractivity contribution is 7.92. The molecule has 0 aliphatic carbocycles. The second-order valence-corrected chi connectivity index (χ2v) is 9.06. The molecular formula is C23H20FN5O3S.